The first-order valence-electron chi connectivity index (χ1n) is 9.87. The van der Waals surface area contributed by atoms with E-state index in [1.54, 1.807) is 23.7 Å². The highest BCUT2D eigenvalue weighted by Gasteiger charge is 2.31. The highest BCUT2D eigenvalue weighted by atomic mass is 32.1. The largest absolute Gasteiger partial charge is 0.374 e. The molecule has 0 aromatic carbocycles. The van der Waals surface area contributed by atoms with Gasteiger partial charge in [-0.15, -0.1) is 11.3 Å². The molecule has 0 radical (unpaired) electrons. The Labute approximate surface area is 165 Å². The van der Waals surface area contributed by atoms with Gasteiger partial charge in [-0.1, -0.05) is 18.9 Å². The Morgan fingerprint density at radius 3 is 2.93 bits per heavy atom. The lowest BCUT2D eigenvalue weighted by Gasteiger charge is -2.37. The summed E-state index contributed by atoms with van der Waals surface area (Å²) >= 11 is 1.80. The molecule has 2 aliphatic rings. The van der Waals surface area contributed by atoms with Crippen molar-refractivity contribution in [1.82, 2.24) is 14.8 Å². The average Bonchev–Trinajstić information content (AvgIpc) is 3.41. The number of pyridine rings is 1. The van der Waals surface area contributed by atoms with Gasteiger partial charge in [0.1, 0.15) is 0 Å². The molecule has 0 spiro atoms. The summed E-state index contributed by atoms with van der Waals surface area (Å²) in [5.41, 5.74) is 0.677. The smallest absolute Gasteiger partial charge is 0.255 e. The molecule has 1 aliphatic carbocycles. The fourth-order valence-electron chi connectivity index (χ4n) is 4.15. The van der Waals surface area contributed by atoms with Crippen LogP contribution in [-0.4, -0.2) is 59.1 Å². The number of carbonyl (C=O) groups is 1. The van der Waals surface area contributed by atoms with Gasteiger partial charge in [0.15, 0.2) is 0 Å². The zero-order valence-corrected chi connectivity index (χ0v) is 16.4. The second-order valence-corrected chi connectivity index (χ2v) is 8.48. The number of amides is 1. The van der Waals surface area contributed by atoms with Crippen LogP contribution in [0.15, 0.2) is 42.0 Å². The number of nitrogens with zero attached hydrogens (tertiary/aromatic N) is 3. The van der Waals surface area contributed by atoms with Crippen molar-refractivity contribution in [2.45, 2.75) is 44.4 Å². The van der Waals surface area contributed by atoms with Crippen molar-refractivity contribution in [3.8, 4) is 0 Å². The van der Waals surface area contributed by atoms with Crippen molar-refractivity contribution in [2.75, 3.05) is 26.2 Å². The first kappa shape index (κ1) is 18.6. The highest BCUT2D eigenvalue weighted by Crippen LogP contribution is 2.26. The topological polar surface area (TPSA) is 45.7 Å². The van der Waals surface area contributed by atoms with Crippen LogP contribution in [0.4, 0.5) is 0 Å². The molecule has 2 aromatic rings. The minimum atomic E-state index is 0.0694. The summed E-state index contributed by atoms with van der Waals surface area (Å²) in [7, 11) is 0. The average molecular weight is 386 g/mol. The number of aromatic nitrogens is 1. The number of rotatable bonds is 6. The molecule has 1 saturated heterocycles. The Hall–Kier alpha value is -1.76. The lowest BCUT2D eigenvalue weighted by atomic mass is 10.1. The monoisotopic (exact) mass is 385 g/mol. The van der Waals surface area contributed by atoms with Crippen LogP contribution >= 0.6 is 11.3 Å². The van der Waals surface area contributed by atoms with Gasteiger partial charge in [-0.3, -0.25) is 14.7 Å². The minimum absolute atomic E-state index is 0.0694. The molecular weight excluding hydrogens is 358 g/mol. The number of carbonyl (C=O) groups excluding carboxylic acids is 1. The maximum absolute atomic E-state index is 13.2. The highest BCUT2D eigenvalue weighted by molar-refractivity contribution is 7.09. The Bertz CT molecular complexity index is 716. The molecule has 6 heteroatoms. The standard InChI is InChI=1S/C21H27N3O2S/c25-21(17-5-3-9-22-13-17)24(18-6-1-2-7-18)15-19-14-23(10-11-26-19)16-20-8-4-12-27-20/h3-5,8-9,12-13,18-19H,1-2,6-7,10-11,14-16H2. The fourth-order valence-corrected chi connectivity index (χ4v) is 4.89. The Kier molecular flexibility index (Phi) is 6.17. The lowest BCUT2D eigenvalue weighted by Crippen LogP contribution is -2.50. The first-order valence-corrected chi connectivity index (χ1v) is 10.7. The van der Waals surface area contributed by atoms with E-state index in [0.717, 1.165) is 39.1 Å². The number of hydrogen-bond donors (Lipinski definition) is 0. The number of ether oxygens (including phenoxy) is 1. The molecular formula is C21H27N3O2S. The van der Waals surface area contributed by atoms with E-state index in [1.807, 2.05) is 12.1 Å². The van der Waals surface area contributed by atoms with Crippen LogP contribution in [0, 0.1) is 0 Å². The third-order valence-corrected chi connectivity index (χ3v) is 6.38. The summed E-state index contributed by atoms with van der Waals surface area (Å²) < 4.78 is 6.06. The van der Waals surface area contributed by atoms with Crippen molar-refractivity contribution >= 4 is 17.2 Å². The summed E-state index contributed by atoms with van der Waals surface area (Å²) in [5.74, 6) is 0.0916. The SMILES string of the molecule is O=C(c1cccnc1)N(CC1CN(Cc2cccs2)CCO1)C1CCCC1. The van der Waals surface area contributed by atoms with Crippen LogP contribution in [0.25, 0.3) is 0 Å². The van der Waals surface area contributed by atoms with Crippen LogP contribution in [-0.2, 0) is 11.3 Å². The fraction of sp³-hybridized carbons (Fsp3) is 0.524. The molecule has 1 amide bonds. The van der Waals surface area contributed by atoms with Gasteiger partial charge < -0.3 is 9.64 Å². The third-order valence-electron chi connectivity index (χ3n) is 5.52. The number of hydrogen-bond acceptors (Lipinski definition) is 5. The van der Waals surface area contributed by atoms with E-state index in [4.69, 9.17) is 4.74 Å². The summed E-state index contributed by atoms with van der Waals surface area (Å²) in [4.78, 5) is 23.2. The molecule has 1 unspecified atom stereocenters. The van der Waals surface area contributed by atoms with Crippen LogP contribution in [0.5, 0.6) is 0 Å². The second-order valence-electron chi connectivity index (χ2n) is 7.44. The van der Waals surface area contributed by atoms with Crippen LogP contribution in [0.1, 0.15) is 40.9 Å². The van der Waals surface area contributed by atoms with Crippen LogP contribution < -0.4 is 0 Å². The van der Waals surface area contributed by atoms with E-state index in [-0.39, 0.29) is 12.0 Å². The zero-order chi connectivity index (χ0) is 18.5. The summed E-state index contributed by atoms with van der Waals surface area (Å²) in [6.45, 7) is 4.20. The summed E-state index contributed by atoms with van der Waals surface area (Å²) in [6, 6.07) is 8.31. The maximum atomic E-state index is 13.2. The molecule has 1 saturated carbocycles. The Morgan fingerprint density at radius 2 is 2.19 bits per heavy atom. The third kappa shape index (κ3) is 4.75. The minimum Gasteiger partial charge on any atom is -0.374 e. The number of morpholine rings is 1. The van der Waals surface area contributed by atoms with Gasteiger partial charge in [-0.05, 0) is 36.4 Å². The van der Waals surface area contributed by atoms with Crippen molar-refractivity contribution in [1.29, 1.82) is 0 Å². The normalized spacial score (nSPS) is 21.4. The molecule has 5 nitrogen and oxygen atoms in total. The molecule has 4 rings (SSSR count). The predicted octanol–water partition coefficient (Wildman–Crippen LogP) is 3.43. The van der Waals surface area contributed by atoms with E-state index in [1.165, 1.54) is 17.7 Å². The lowest BCUT2D eigenvalue weighted by molar-refractivity contribution is -0.0466. The quantitative estimate of drug-likeness (QED) is 0.764. The number of thiophene rings is 1. The molecule has 144 valence electrons. The van der Waals surface area contributed by atoms with Crippen molar-refractivity contribution in [2.24, 2.45) is 0 Å². The van der Waals surface area contributed by atoms with Gasteiger partial charge in [-0.2, -0.15) is 0 Å². The summed E-state index contributed by atoms with van der Waals surface area (Å²) in [5, 5.41) is 2.13. The van der Waals surface area contributed by atoms with E-state index in [2.05, 4.69) is 32.3 Å². The molecule has 2 fully saturated rings. The molecule has 0 bridgehead atoms. The zero-order valence-electron chi connectivity index (χ0n) is 15.6. The molecule has 27 heavy (non-hydrogen) atoms. The van der Waals surface area contributed by atoms with Gasteiger partial charge in [-0.25, -0.2) is 0 Å². The van der Waals surface area contributed by atoms with Crippen LogP contribution in [0.2, 0.25) is 0 Å². The van der Waals surface area contributed by atoms with Gasteiger partial charge in [0, 0.05) is 49.5 Å². The Balaban J connectivity index is 1.43. The van der Waals surface area contributed by atoms with Crippen molar-refractivity contribution in [3.05, 3.63) is 52.5 Å². The van der Waals surface area contributed by atoms with E-state index < -0.39 is 0 Å². The molecule has 0 N–H and O–H groups in total. The van der Waals surface area contributed by atoms with Crippen molar-refractivity contribution < 1.29 is 9.53 Å². The second kappa shape index (κ2) is 8.95. The van der Waals surface area contributed by atoms with Gasteiger partial charge in [0.05, 0.1) is 18.3 Å². The van der Waals surface area contributed by atoms with E-state index in [9.17, 15) is 4.79 Å². The molecule has 1 atom stereocenters. The molecule has 3 heterocycles. The Morgan fingerprint density at radius 1 is 1.30 bits per heavy atom. The summed E-state index contributed by atoms with van der Waals surface area (Å²) in [6.07, 6.45) is 8.06. The van der Waals surface area contributed by atoms with Gasteiger partial charge in [0.25, 0.3) is 5.91 Å². The predicted molar refractivity (Wildman–Crippen MR) is 107 cm³/mol. The maximum Gasteiger partial charge on any atom is 0.255 e. The molecule has 2 aromatic heterocycles. The van der Waals surface area contributed by atoms with E-state index in [0.29, 0.717) is 18.2 Å². The first-order chi connectivity index (χ1) is 13.3. The molecule has 1 aliphatic heterocycles. The van der Waals surface area contributed by atoms with Gasteiger partial charge >= 0.3 is 0 Å². The van der Waals surface area contributed by atoms with E-state index >= 15 is 0 Å². The van der Waals surface area contributed by atoms with Crippen molar-refractivity contribution in [3.63, 3.8) is 0 Å². The van der Waals surface area contributed by atoms with Crippen LogP contribution in [0.3, 0.4) is 0 Å². The van der Waals surface area contributed by atoms with Gasteiger partial charge in [0.2, 0.25) is 0 Å².